The molecule has 0 spiro atoms. The van der Waals surface area contributed by atoms with E-state index in [1.165, 1.54) is 11.3 Å². The Hall–Kier alpha value is -1.33. The summed E-state index contributed by atoms with van der Waals surface area (Å²) < 4.78 is 8.42. The minimum Gasteiger partial charge on any atom is -0.497 e. The molecule has 114 valence electrons. The Bertz CT molecular complexity index is 637. The topological polar surface area (TPSA) is 39.1 Å². The number of ether oxygens (including phenoxy) is 1. The van der Waals surface area contributed by atoms with E-state index in [2.05, 4.69) is 51.8 Å². The van der Waals surface area contributed by atoms with Gasteiger partial charge in [-0.25, -0.2) is 0 Å². The van der Waals surface area contributed by atoms with Gasteiger partial charge in [-0.05, 0) is 51.6 Å². The second-order valence-electron chi connectivity index (χ2n) is 5.21. The van der Waals surface area contributed by atoms with Crippen LogP contribution < -0.4 is 10.1 Å². The van der Waals surface area contributed by atoms with Gasteiger partial charge in [0, 0.05) is 21.8 Å². The van der Waals surface area contributed by atoms with Gasteiger partial charge in [0.1, 0.15) is 5.75 Å². The van der Waals surface area contributed by atoms with Gasteiger partial charge in [0.05, 0.1) is 19.3 Å². The van der Waals surface area contributed by atoms with Crippen LogP contribution in [0, 0.1) is 13.8 Å². The molecule has 1 aromatic carbocycles. The van der Waals surface area contributed by atoms with Gasteiger partial charge in [-0.1, -0.05) is 15.9 Å². The molecule has 0 aliphatic heterocycles. The molecule has 0 radical (unpaired) electrons. The molecule has 0 fully saturated rings. The van der Waals surface area contributed by atoms with E-state index in [-0.39, 0.29) is 0 Å². The highest BCUT2D eigenvalue weighted by Crippen LogP contribution is 2.26. The number of aromatic nitrogens is 2. The number of halogens is 1. The lowest BCUT2D eigenvalue weighted by Crippen LogP contribution is -2.14. The zero-order chi connectivity index (χ0) is 15.6. The second kappa shape index (κ2) is 6.62. The zero-order valence-electron chi connectivity index (χ0n) is 13.2. The van der Waals surface area contributed by atoms with Gasteiger partial charge in [0.25, 0.3) is 0 Å². The molecule has 2 aromatic rings. The Morgan fingerprint density at radius 1 is 1.38 bits per heavy atom. The summed E-state index contributed by atoms with van der Waals surface area (Å²) in [6.07, 6.45) is 0. The van der Waals surface area contributed by atoms with Crippen LogP contribution in [0.4, 0.5) is 0 Å². The number of nitrogens with one attached hydrogen (secondary N) is 1. The Morgan fingerprint density at radius 2 is 2.10 bits per heavy atom. The van der Waals surface area contributed by atoms with Crippen molar-refractivity contribution in [1.29, 1.82) is 0 Å². The van der Waals surface area contributed by atoms with Crippen molar-refractivity contribution in [2.75, 3.05) is 14.2 Å². The highest BCUT2D eigenvalue weighted by molar-refractivity contribution is 9.10. The van der Waals surface area contributed by atoms with Crippen molar-refractivity contribution >= 4 is 15.9 Å². The fourth-order valence-electron chi connectivity index (χ4n) is 2.60. The van der Waals surface area contributed by atoms with E-state index in [1.807, 2.05) is 25.2 Å². The maximum Gasteiger partial charge on any atom is 0.119 e. The minimum atomic E-state index is 0.299. The first-order valence-electron chi connectivity index (χ1n) is 7.01. The molecule has 1 aromatic heterocycles. The third kappa shape index (κ3) is 3.30. The average molecular weight is 352 g/mol. The molecule has 1 atom stereocenters. The Labute approximate surface area is 134 Å². The molecule has 1 N–H and O–H groups in total. The van der Waals surface area contributed by atoms with E-state index >= 15 is 0 Å². The van der Waals surface area contributed by atoms with Crippen molar-refractivity contribution < 1.29 is 4.74 Å². The van der Waals surface area contributed by atoms with Gasteiger partial charge < -0.3 is 10.1 Å². The van der Waals surface area contributed by atoms with Gasteiger partial charge in [-0.2, -0.15) is 5.10 Å². The van der Waals surface area contributed by atoms with Crippen molar-refractivity contribution in [3.63, 3.8) is 0 Å². The molecule has 5 heteroatoms. The van der Waals surface area contributed by atoms with Crippen LogP contribution >= 0.6 is 15.9 Å². The summed E-state index contributed by atoms with van der Waals surface area (Å²) >= 11 is 3.60. The molecule has 0 bridgehead atoms. The lowest BCUT2D eigenvalue weighted by molar-refractivity contribution is 0.414. The highest BCUT2D eigenvalue weighted by atomic mass is 79.9. The molecular formula is C16H22BrN3O. The third-order valence-electron chi connectivity index (χ3n) is 3.88. The zero-order valence-corrected chi connectivity index (χ0v) is 14.8. The summed E-state index contributed by atoms with van der Waals surface area (Å²) in [6, 6.07) is 6.30. The standard InChI is InChI=1S/C16H22BrN3O/c1-10(18-4)16-11(2)19-20(12(16)3)9-13-8-14(21-5)6-7-15(13)17/h6-8,10,18H,9H2,1-5H3. The predicted molar refractivity (Wildman–Crippen MR) is 89.0 cm³/mol. The number of nitrogens with zero attached hydrogens (tertiary/aromatic N) is 2. The maximum absolute atomic E-state index is 5.30. The van der Waals surface area contributed by atoms with Crippen molar-refractivity contribution in [3.8, 4) is 5.75 Å². The van der Waals surface area contributed by atoms with Crippen LogP contribution in [-0.4, -0.2) is 23.9 Å². The summed E-state index contributed by atoms with van der Waals surface area (Å²) in [6.45, 7) is 7.06. The number of hydrogen-bond donors (Lipinski definition) is 1. The van der Waals surface area contributed by atoms with Crippen LogP contribution in [0.2, 0.25) is 0 Å². The molecule has 4 nitrogen and oxygen atoms in total. The smallest absolute Gasteiger partial charge is 0.119 e. The molecule has 0 saturated carbocycles. The third-order valence-corrected chi connectivity index (χ3v) is 4.65. The van der Waals surface area contributed by atoms with E-state index in [0.29, 0.717) is 6.04 Å². The molecule has 0 aliphatic rings. The largest absolute Gasteiger partial charge is 0.497 e. The van der Waals surface area contributed by atoms with Gasteiger partial charge in [0.2, 0.25) is 0 Å². The van der Waals surface area contributed by atoms with Crippen LogP contribution in [0.3, 0.4) is 0 Å². The molecule has 21 heavy (non-hydrogen) atoms. The first kappa shape index (κ1) is 16.0. The van der Waals surface area contributed by atoms with Crippen molar-refractivity contribution in [3.05, 3.63) is 45.2 Å². The van der Waals surface area contributed by atoms with E-state index in [4.69, 9.17) is 4.74 Å². The second-order valence-corrected chi connectivity index (χ2v) is 6.06. The molecule has 0 aliphatic carbocycles. The van der Waals surface area contributed by atoms with Crippen molar-refractivity contribution in [1.82, 2.24) is 15.1 Å². The van der Waals surface area contributed by atoms with Crippen LogP contribution in [-0.2, 0) is 6.54 Å². The van der Waals surface area contributed by atoms with Gasteiger partial charge in [-0.3, -0.25) is 4.68 Å². The fourth-order valence-corrected chi connectivity index (χ4v) is 2.97. The number of methoxy groups -OCH3 is 1. The summed E-state index contributed by atoms with van der Waals surface area (Å²) in [4.78, 5) is 0. The molecule has 2 rings (SSSR count). The van der Waals surface area contributed by atoms with E-state index in [0.717, 1.165) is 28.0 Å². The molecule has 0 saturated heterocycles. The summed E-state index contributed by atoms with van der Waals surface area (Å²) in [5.41, 5.74) is 4.71. The Kier molecular flexibility index (Phi) is 5.06. The number of rotatable bonds is 5. The SMILES string of the molecule is CNC(C)c1c(C)nn(Cc2cc(OC)ccc2Br)c1C. The lowest BCUT2D eigenvalue weighted by atomic mass is 10.1. The van der Waals surface area contributed by atoms with Gasteiger partial charge >= 0.3 is 0 Å². The van der Waals surface area contributed by atoms with Crippen LogP contribution in [0.15, 0.2) is 22.7 Å². The number of benzene rings is 1. The first-order chi connectivity index (χ1) is 9.97. The average Bonchev–Trinajstić information content (AvgIpc) is 2.75. The first-order valence-corrected chi connectivity index (χ1v) is 7.80. The maximum atomic E-state index is 5.30. The van der Waals surface area contributed by atoms with Crippen molar-refractivity contribution in [2.45, 2.75) is 33.4 Å². The van der Waals surface area contributed by atoms with E-state index < -0.39 is 0 Å². The summed E-state index contributed by atoms with van der Waals surface area (Å²) in [5, 5.41) is 7.97. The highest BCUT2D eigenvalue weighted by Gasteiger charge is 2.17. The Morgan fingerprint density at radius 3 is 2.71 bits per heavy atom. The van der Waals surface area contributed by atoms with Crippen LogP contribution in [0.25, 0.3) is 0 Å². The molecule has 0 amide bonds. The summed E-state index contributed by atoms with van der Waals surface area (Å²) in [7, 11) is 3.66. The quantitative estimate of drug-likeness (QED) is 0.894. The number of hydrogen-bond acceptors (Lipinski definition) is 3. The molecular weight excluding hydrogens is 330 g/mol. The van der Waals surface area contributed by atoms with E-state index in [9.17, 15) is 0 Å². The predicted octanol–water partition coefficient (Wildman–Crippen LogP) is 3.60. The van der Waals surface area contributed by atoms with E-state index in [1.54, 1.807) is 7.11 Å². The Balaban J connectivity index is 2.36. The van der Waals surface area contributed by atoms with Crippen LogP contribution in [0.5, 0.6) is 5.75 Å². The monoisotopic (exact) mass is 351 g/mol. The van der Waals surface area contributed by atoms with Gasteiger partial charge in [0.15, 0.2) is 0 Å². The lowest BCUT2D eigenvalue weighted by Gasteiger charge is -2.12. The summed E-state index contributed by atoms with van der Waals surface area (Å²) in [5.74, 6) is 0.860. The van der Waals surface area contributed by atoms with Crippen LogP contribution in [0.1, 0.15) is 35.5 Å². The number of aryl methyl sites for hydroxylation is 1. The normalized spacial score (nSPS) is 12.5. The minimum absolute atomic E-state index is 0.299. The van der Waals surface area contributed by atoms with Gasteiger partial charge in [-0.15, -0.1) is 0 Å². The molecule has 1 unspecified atom stereocenters. The van der Waals surface area contributed by atoms with Crippen molar-refractivity contribution in [2.24, 2.45) is 0 Å². The molecule has 1 heterocycles. The fraction of sp³-hybridized carbons (Fsp3) is 0.438.